The fourth-order valence-corrected chi connectivity index (χ4v) is 4.12. The van der Waals surface area contributed by atoms with Gasteiger partial charge >= 0.3 is 0 Å². The van der Waals surface area contributed by atoms with E-state index in [0.717, 1.165) is 19.4 Å². The minimum atomic E-state index is 0.404. The van der Waals surface area contributed by atoms with Gasteiger partial charge in [0, 0.05) is 41.3 Å². The lowest BCUT2D eigenvalue weighted by Gasteiger charge is -2.18. The van der Waals surface area contributed by atoms with Crippen LogP contribution in [0.15, 0.2) is 65.8 Å². The van der Waals surface area contributed by atoms with Crippen molar-refractivity contribution >= 4 is 22.7 Å². The maximum absolute atomic E-state index is 4.16. The maximum Gasteiger partial charge on any atom is 0.0346 e. The number of nitrogens with one attached hydrogen (secondary N) is 2. The Morgan fingerprint density at radius 2 is 1.88 bits per heavy atom. The molecule has 1 atom stereocenters. The molecular weight excluding hydrogens is 326 g/mol. The summed E-state index contributed by atoms with van der Waals surface area (Å²) in [4.78, 5) is 5.40. The first kappa shape index (κ1) is 16.6. The Morgan fingerprint density at radius 1 is 1.08 bits per heavy atom. The molecule has 25 heavy (non-hydrogen) atoms. The number of hydrogen-bond donors (Lipinski definition) is 2. The van der Waals surface area contributed by atoms with E-state index in [1.165, 1.54) is 26.8 Å². The van der Waals surface area contributed by atoms with E-state index in [4.69, 9.17) is 0 Å². The van der Waals surface area contributed by atoms with E-state index in [9.17, 15) is 0 Å². The molecule has 0 aliphatic heterocycles. The van der Waals surface area contributed by atoms with Crippen molar-refractivity contribution in [2.45, 2.75) is 36.7 Å². The third kappa shape index (κ3) is 4.03. The van der Waals surface area contributed by atoms with Gasteiger partial charge in [0.05, 0.1) is 0 Å². The predicted octanol–water partition coefficient (Wildman–Crippen LogP) is 3.98. The van der Waals surface area contributed by atoms with Crippen LogP contribution in [-0.4, -0.2) is 23.6 Å². The molecule has 0 bridgehead atoms. The van der Waals surface area contributed by atoms with Crippen molar-refractivity contribution < 1.29 is 0 Å². The first-order chi connectivity index (χ1) is 12.3. The van der Waals surface area contributed by atoms with E-state index < -0.39 is 0 Å². The van der Waals surface area contributed by atoms with Crippen molar-refractivity contribution in [3.8, 4) is 0 Å². The monoisotopic (exact) mass is 349 g/mol. The molecule has 1 aromatic heterocycles. The Balaban J connectivity index is 1.26. The van der Waals surface area contributed by atoms with Gasteiger partial charge in [-0.3, -0.25) is 9.71 Å². The van der Waals surface area contributed by atoms with Gasteiger partial charge in [-0.05, 0) is 66.4 Å². The van der Waals surface area contributed by atoms with Crippen LogP contribution in [0, 0.1) is 0 Å². The molecule has 4 rings (SSSR count). The second-order valence-electron chi connectivity index (χ2n) is 6.79. The van der Waals surface area contributed by atoms with Crippen LogP contribution in [0.2, 0.25) is 0 Å². The van der Waals surface area contributed by atoms with Crippen LogP contribution in [0.1, 0.15) is 18.1 Å². The number of benzene rings is 2. The standard InChI is InChI=1S/C21H23N3S/c1-15(13-23-20-10-16-4-2-3-5-17(16)11-20)24-25-21-7-6-19-14-22-9-8-18(19)12-21/h2-9,12,14-15,20,23-24H,10-11,13H2,1H3/t15-/m1/s1. The summed E-state index contributed by atoms with van der Waals surface area (Å²) in [5.41, 5.74) is 3.00. The molecule has 1 aliphatic rings. The predicted molar refractivity (Wildman–Crippen MR) is 106 cm³/mol. The van der Waals surface area contributed by atoms with Crippen LogP contribution in [0.5, 0.6) is 0 Å². The normalized spacial score (nSPS) is 15.4. The van der Waals surface area contributed by atoms with Crippen LogP contribution in [0.4, 0.5) is 0 Å². The smallest absolute Gasteiger partial charge is 0.0346 e. The highest BCUT2D eigenvalue weighted by Crippen LogP contribution is 2.23. The van der Waals surface area contributed by atoms with Gasteiger partial charge in [0.25, 0.3) is 0 Å². The molecule has 1 aliphatic carbocycles. The second-order valence-corrected chi connectivity index (χ2v) is 7.70. The number of nitrogens with zero attached hydrogens (tertiary/aromatic N) is 1. The van der Waals surface area contributed by atoms with Gasteiger partial charge in [-0.1, -0.05) is 30.3 Å². The number of aromatic nitrogens is 1. The summed E-state index contributed by atoms with van der Waals surface area (Å²) in [5.74, 6) is 0. The van der Waals surface area contributed by atoms with Gasteiger partial charge in [-0.2, -0.15) is 0 Å². The van der Waals surface area contributed by atoms with E-state index in [1.807, 2.05) is 12.4 Å². The second kappa shape index (κ2) is 7.56. The molecule has 3 aromatic rings. The zero-order valence-electron chi connectivity index (χ0n) is 14.4. The van der Waals surface area contributed by atoms with Crippen molar-refractivity contribution in [2.24, 2.45) is 0 Å². The minimum absolute atomic E-state index is 0.404. The Labute approximate surface area is 153 Å². The van der Waals surface area contributed by atoms with Crippen molar-refractivity contribution in [1.29, 1.82) is 0 Å². The molecule has 0 saturated heterocycles. The molecule has 1 heterocycles. The third-order valence-electron chi connectivity index (χ3n) is 4.75. The highest BCUT2D eigenvalue weighted by Gasteiger charge is 2.20. The summed E-state index contributed by atoms with van der Waals surface area (Å²) in [5, 5.41) is 6.13. The highest BCUT2D eigenvalue weighted by molar-refractivity contribution is 7.97. The Hall–Kier alpha value is -1.88. The molecule has 0 saturated carbocycles. The topological polar surface area (TPSA) is 37.0 Å². The quantitative estimate of drug-likeness (QED) is 0.660. The lowest BCUT2D eigenvalue weighted by Crippen LogP contribution is -2.39. The largest absolute Gasteiger partial charge is 0.312 e. The Bertz CT molecular complexity index is 839. The molecule has 3 nitrogen and oxygen atoms in total. The maximum atomic E-state index is 4.16. The zero-order valence-corrected chi connectivity index (χ0v) is 15.2. The first-order valence-electron chi connectivity index (χ1n) is 8.84. The highest BCUT2D eigenvalue weighted by atomic mass is 32.2. The summed E-state index contributed by atoms with van der Waals surface area (Å²) in [6.45, 7) is 3.20. The summed E-state index contributed by atoms with van der Waals surface area (Å²) in [7, 11) is 0. The molecule has 4 heteroatoms. The molecule has 0 unspecified atom stereocenters. The number of hydrogen-bond acceptors (Lipinski definition) is 4. The molecular formula is C21H23N3S. The SMILES string of the molecule is C[C@H](CNC1Cc2ccccc2C1)NSc1ccc2cnccc2c1. The van der Waals surface area contributed by atoms with Crippen LogP contribution < -0.4 is 10.0 Å². The summed E-state index contributed by atoms with van der Waals surface area (Å²) in [6, 6.07) is 18.3. The van der Waals surface area contributed by atoms with Crippen LogP contribution in [0.3, 0.4) is 0 Å². The van der Waals surface area contributed by atoms with Gasteiger partial charge in [0.1, 0.15) is 0 Å². The third-order valence-corrected chi connectivity index (χ3v) is 5.76. The zero-order chi connectivity index (χ0) is 17.1. The molecule has 128 valence electrons. The summed E-state index contributed by atoms with van der Waals surface area (Å²) in [6.07, 6.45) is 6.04. The molecule has 0 spiro atoms. The van der Waals surface area contributed by atoms with E-state index in [2.05, 4.69) is 70.5 Å². The van der Waals surface area contributed by atoms with E-state index in [1.54, 1.807) is 11.9 Å². The van der Waals surface area contributed by atoms with Gasteiger partial charge in [-0.25, -0.2) is 0 Å². The Morgan fingerprint density at radius 3 is 2.68 bits per heavy atom. The molecule has 0 radical (unpaired) electrons. The van der Waals surface area contributed by atoms with Crippen LogP contribution in [-0.2, 0) is 12.8 Å². The lowest BCUT2D eigenvalue weighted by molar-refractivity contribution is 0.494. The van der Waals surface area contributed by atoms with Gasteiger partial charge in [-0.15, -0.1) is 0 Å². The van der Waals surface area contributed by atoms with Crippen LogP contribution in [0.25, 0.3) is 10.8 Å². The lowest BCUT2D eigenvalue weighted by atomic mass is 10.1. The Kier molecular flexibility index (Phi) is 5.02. The number of pyridine rings is 1. The minimum Gasteiger partial charge on any atom is -0.312 e. The summed E-state index contributed by atoms with van der Waals surface area (Å²) < 4.78 is 3.55. The van der Waals surface area contributed by atoms with Crippen molar-refractivity contribution in [3.05, 3.63) is 72.1 Å². The molecule has 2 aromatic carbocycles. The van der Waals surface area contributed by atoms with E-state index >= 15 is 0 Å². The van der Waals surface area contributed by atoms with Crippen LogP contribution >= 0.6 is 11.9 Å². The first-order valence-corrected chi connectivity index (χ1v) is 9.66. The van der Waals surface area contributed by atoms with Crippen molar-refractivity contribution in [3.63, 3.8) is 0 Å². The van der Waals surface area contributed by atoms with Crippen molar-refractivity contribution in [1.82, 2.24) is 15.0 Å². The van der Waals surface area contributed by atoms with Gasteiger partial charge in [0.15, 0.2) is 0 Å². The average Bonchev–Trinajstić information content (AvgIpc) is 3.07. The van der Waals surface area contributed by atoms with E-state index in [0.29, 0.717) is 12.1 Å². The number of fused-ring (bicyclic) bond motifs is 2. The van der Waals surface area contributed by atoms with Gasteiger partial charge < -0.3 is 5.32 Å². The molecule has 2 N–H and O–H groups in total. The molecule has 0 amide bonds. The fourth-order valence-electron chi connectivity index (χ4n) is 3.38. The average molecular weight is 350 g/mol. The van der Waals surface area contributed by atoms with Crippen molar-refractivity contribution in [2.75, 3.05) is 6.54 Å². The fraction of sp³-hybridized carbons (Fsp3) is 0.286. The number of rotatable bonds is 6. The van der Waals surface area contributed by atoms with E-state index in [-0.39, 0.29) is 0 Å². The van der Waals surface area contributed by atoms with Gasteiger partial charge in [0.2, 0.25) is 0 Å². The molecule has 0 fully saturated rings. The summed E-state index contributed by atoms with van der Waals surface area (Å²) >= 11 is 1.70.